The van der Waals surface area contributed by atoms with Gasteiger partial charge in [0.15, 0.2) is 0 Å². The second-order valence-electron chi connectivity index (χ2n) is 7.48. The zero-order chi connectivity index (χ0) is 24.4. The second kappa shape index (κ2) is 12.3. The van der Waals surface area contributed by atoms with Gasteiger partial charge in [-0.05, 0) is 12.5 Å². The highest BCUT2D eigenvalue weighted by Crippen LogP contribution is 2.05. The standard InChI is InChI=1S/C21H28N6O6/c1-12(28)18(20(31)26-16(21(32)33)7-13-5-3-2-4-6-13)27-17(29)10-24-19(30)15(22)8-14-9-23-11-25-14/h2-6,9,11-12,15-16,18,28H,7-8,10,22H2,1H3,(H,23,25)(H,24,30)(H,26,31)(H,27,29)(H,32,33). The maximum Gasteiger partial charge on any atom is 0.326 e. The molecule has 0 fully saturated rings. The Bertz CT molecular complexity index is 934. The molecule has 2 aromatic rings. The topological polar surface area (TPSA) is 200 Å². The molecule has 1 aromatic heterocycles. The van der Waals surface area contributed by atoms with Crippen LogP contribution in [0.15, 0.2) is 42.9 Å². The molecule has 1 heterocycles. The Kier molecular flexibility index (Phi) is 9.51. The predicted octanol–water partition coefficient (Wildman–Crippen LogP) is -1.93. The summed E-state index contributed by atoms with van der Waals surface area (Å²) >= 11 is 0. The second-order valence-corrected chi connectivity index (χ2v) is 7.48. The number of H-pyrrole nitrogens is 1. The van der Waals surface area contributed by atoms with Gasteiger partial charge < -0.3 is 36.9 Å². The van der Waals surface area contributed by atoms with E-state index in [2.05, 4.69) is 25.9 Å². The van der Waals surface area contributed by atoms with Crippen LogP contribution in [0.5, 0.6) is 0 Å². The Balaban J connectivity index is 1.89. The highest BCUT2D eigenvalue weighted by Gasteiger charge is 2.30. The van der Waals surface area contributed by atoms with E-state index in [1.165, 1.54) is 19.4 Å². The minimum absolute atomic E-state index is 0.0205. The quantitative estimate of drug-likeness (QED) is 0.190. The summed E-state index contributed by atoms with van der Waals surface area (Å²) in [4.78, 5) is 55.1. The zero-order valence-electron chi connectivity index (χ0n) is 18.0. The van der Waals surface area contributed by atoms with Gasteiger partial charge in [0, 0.05) is 24.7 Å². The number of hydrogen-bond donors (Lipinski definition) is 7. The van der Waals surface area contributed by atoms with Gasteiger partial charge in [-0.3, -0.25) is 14.4 Å². The molecule has 0 aliphatic rings. The third-order valence-corrected chi connectivity index (χ3v) is 4.73. The normalized spacial score (nSPS) is 14.4. The summed E-state index contributed by atoms with van der Waals surface area (Å²) in [5.74, 6) is -3.48. The smallest absolute Gasteiger partial charge is 0.326 e. The molecule has 0 aliphatic heterocycles. The minimum Gasteiger partial charge on any atom is -0.480 e. The molecule has 0 radical (unpaired) electrons. The first-order valence-corrected chi connectivity index (χ1v) is 10.2. The van der Waals surface area contributed by atoms with Crippen LogP contribution in [0.4, 0.5) is 0 Å². The van der Waals surface area contributed by atoms with E-state index in [1.54, 1.807) is 30.3 Å². The SMILES string of the molecule is CC(O)C(NC(=O)CNC(=O)C(N)Cc1cnc[nH]1)C(=O)NC(Cc1ccccc1)C(=O)O. The lowest BCUT2D eigenvalue weighted by atomic mass is 10.0. The number of carbonyl (C=O) groups excluding carboxylic acids is 3. The summed E-state index contributed by atoms with van der Waals surface area (Å²) < 4.78 is 0. The number of rotatable bonds is 12. The summed E-state index contributed by atoms with van der Waals surface area (Å²) in [5, 5.41) is 26.4. The highest BCUT2D eigenvalue weighted by molar-refractivity contribution is 5.92. The number of nitrogens with two attached hydrogens (primary N) is 1. The Morgan fingerprint density at radius 2 is 1.79 bits per heavy atom. The van der Waals surface area contributed by atoms with E-state index in [4.69, 9.17) is 5.73 Å². The number of carboxylic acids is 1. The van der Waals surface area contributed by atoms with Crippen molar-refractivity contribution in [3.63, 3.8) is 0 Å². The van der Waals surface area contributed by atoms with Gasteiger partial charge in [-0.15, -0.1) is 0 Å². The van der Waals surface area contributed by atoms with Crippen molar-refractivity contribution in [3.8, 4) is 0 Å². The number of hydrogen-bond acceptors (Lipinski definition) is 7. The number of nitrogens with one attached hydrogen (secondary N) is 4. The first-order valence-electron chi connectivity index (χ1n) is 10.2. The monoisotopic (exact) mass is 460 g/mol. The predicted molar refractivity (Wildman–Crippen MR) is 117 cm³/mol. The first kappa shape index (κ1) is 25.5. The molecule has 12 heteroatoms. The number of carbonyl (C=O) groups is 4. The summed E-state index contributed by atoms with van der Waals surface area (Å²) in [5.41, 5.74) is 7.13. The van der Waals surface area contributed by atoms with Crippen molar-refractivity contribution in [1.82, 2.24) is 25.9 Å². The highest BCUT2D eigenvalue weighted by atomic mass is 16.4. The fraction of sp³-hybridized carbons (Fsp3) is 0.381. The number of benzene rings is 1. The largest absolute Gasteiger partial charge is 0.480 e. The van der Waals surface area contributed by atoms with Gasteiger partial charge in [-0.2, -0.15) is 0 Å². The number of aliphatic hydroxyl groups excluding tert-OH is 1. The van der Waals surface area contributed by atoms with Crippen LogP contribution in [0.25, 0.3) is 0 Å². The van der Waals surface area contributed by atoms with E-state index in [9.17, 15) is 29.4 Å². The van der Waals surface area contributed by atoms with E-state index in [0.717, 1.165) is 0 Å². The fourth-order valence-electron chi connectivity index (χ4n) is 2.97. The lowest BCUT2D eigenvalue weighted by molar-refractivity contribution is -0.142. The summed E-state index contributed by atoms with van der Waals surface area (Å²) in [7, 11) is 0. The molecule has 0 saturated heterocycles. The molecule has 0 aliphatic carbocycles. The van der Waals surface area contributed by atoms with E-state index < -0.39 is 54.5 Å². The summed E-state index contributed by atoms with van der Waals surface area (Å²) in [6.45, 7) is 0.786. The van der Waals surface area contributed by atoms with Gasteiger partial charge >= 0.3 is 5.97 Å². The van der Waals surface area contributed by atoms with Crippen molar-refractivity contribution in [1.29, 1.82) is 0 Å². The van der Waals surface area contributed by atoms with Crippen LogP contribution in [0.1, 0.15) is 18.2 Å². The van der Waals surface area contributed by atoms with Crippen molar-refractivity contribution in [2.75, 3.05) is 6.54 Å². The molecule has 4 unspecified atom stereocenters. The third-order valence-electron chi connectivity index (χ3n) is 4.73. The van der Waals surface area contributed by atoms with Crippen LogP contribution >= 0.6 is 0 Å². The van der Waals surface area contributed by atoms with Crippen LogP contribution in [0, 0.1) is 0 Å². The third kappa shape index (κ3) is 8.35. The number of aromatic nitrogens is 2. The van der Waals surface area contributed by atoms with E-state index in [1.807, 2.05) is 0 Å². The van der Waals surface area contributed by atoms with E-state index >= 15 is 0 Å². The van der Waals surface area contributed by atoms with Crippen LogP contribution in [0.2, 0.25) is 0 Å². The van der Waals surface area contributed by atoms with Crippen molar-refractivity contribution in [3.05, 3.63) is 54.1 Å². The van der Waals surface area contributed by atoms with E-state index in [-0.39, 0.29) is 12.8 Å². The number of carboxylic acid groups (broad SMARTS) is 1. The Morgan fingerprint density at radius 1 is 1.09 bits per heavy atom. The number of aromatic amines is 1. The van der Waals surface area contributed by atoms with Gasteiger partial charge in [0.05, 0.1) is 25.0 Å². The van der Waals surface area contributed by atoms with Gasteiger partial charge in [0.25, 0.3) is 0 Å². The van der Waals surface area contributed by atoms with E-state index in [0.29, 0.717) is 11.3 Å². The molecule has 1 aromatic carbocycles. The number of aliphatic hydroxyl groups is 1. The average Bonchev–Trinajstić information content (AvgIpc) is 3.28. The Labute approximate surface area is 190 Å². The molecule has 3 amide bonds. The van der Waals surface area contributed by atoms with Crippen LogP contribution < -0.4 is 21.7 Å². The van der Waals surface area contributed by atoms with Gasteiger partial charge in [-0.1, -0.05) is 30.3 Å². The minimum atomic E-state index is -1.43. The van der Waals surface area contributed by atoms with Crippen LogP contribution in [-0.2, 0) is 32.0 Å². The molecule has 2 rings (SSSR count). The molecule has 178 valence electrons. The molecule has 0 bridgehead atoms. The zero-order valence-corrected chi connectivity index (χ0v) is 18.0. The first-order chi connectivity index (χ1) is 15.7. The molecule has 8 N–H and O–H groups in total. The molecule has 0 saturated carbocycles. The fourth-order valence-corrected chi connectivity index (χ4v) is 2.97. The molecule has 4 atom stereocenters. The number of imidazole rings is 1. The maximum absolute atomic E-state index is 12.6. The van der Waals surface area contributed by atoms with Crippen LogP contribution in [0.3, 0.4) is 0 Å². The van der Waals surface area contributed by atoms with Crippen molar-refractivity contribution < 1.29 is 29.4 Å². The Morgan fingerprint density at radius 3 is 2.36 bits per heavy atom. The molecule has 12 nitrogen and oxygen atoms in total. The lowest BCUT2D eigenvalue weighted by Crippen LogP contribution is -2.57. The molecule has 33 heavy (non-hydrogen) atoms. The van der Waals surface area contributed by atoms with Crippen LogP contribution in [-0.4, -0.2) is 74.6 Å². The average molecular weight is 460 g/mol. The lowest BCUT2D eigenvalue weighted by Gasteiger charge is -2.23. The van der Waals surface area contributed by atoms with Crippen molar-refractivity contribution in [2.24, 2.45) is 5.73 Å². The summed E-state index contributed by atoms with van der Waals surface area (Å²) in [6, 6.07) is 5.08. The number of amides is 3. The molecular formula is C21H28N6O6. The van der Waals surface area contributed by atoms with Gasteiger partial charge in [-0.25, -0.2) is 9.78 Å². The van der Waals surface area contributed by atoms with Gasteiger partial charge in [0.1, 0.15) is 12.1 Å². The van der Waals surface area contributed by atoms with Crippen molar-refractivity contribution in [2.45, 2.75) is 44.0 Å². The molecular weight excluding hydrogens is 432 g/mol. The molecule has 0 spiro atoms. The van der Waals surface area contributed by atoms with Crippen molar-refractivity contribution >= 4 is 23.7 Å². The number of aliphatic carboxylic acids is 1. The Hall–Kier alpha value is -3.77. The maximum atomic E-state index is 12.6. The summed E-state index contributed by atoms with van der Waals surface area (Å²) in [6.07, 6.45) is 1.85. The van der Waals surface area contributed by atoms with Gasteiger partial charge in [0.2, 0.25) is 17.7 Å². The number of nitrogens with zero attached hydrogens (tertiary/aromatic N) is 1.